The molecule has 0 saturated carbocycles. The van der Waals surface area contributed by atoms with Gasteiger partial charge in [0.15, 0.2) is 17.8 Å². The molecule has 2 heterocycles. The minimum Gasteiger partial charge on any atom is -0.385 e. The summed E-state index contributed by atoms with van der Waals surface area (Å²) in [4.78, 5) is 17.5. The summed E-state index contributed by atoms with van der Waals surface area (Å²) >= 11 is 18.1. The number of imidazole rings is 1. The summed E-state index contributed by atoms with van der Waals surface area (Å²) in [7, 11) is 0. The number of aliphatic hydroxyl groups is 2. The van der Waals surface area contributed by atoms with Gasteiger partial charge in [0.2, 0.25) is 0 Å². The smallest absolute Gasteiger partial charge is 0.385 e. The molecule has 0 bridgehead atoms. The summed E-state index contributed by atoms with van der Waals surface area (Å²) in [6.45, 7) is -0.155. The minimum atomic E-state index is -4.99. The Labute approximate surface area is 227 Å². The molecule has 4 rings (SSSR count). The number of hydrogen-bond acceptors (Lipinski definition) is 5. The van der Waals surface area contributed by atoms with Crippen molar-refractivity contribution in [1.82, 2.24) is 23.9 Å². The van der Waals surface area contributed by atoms with Crippen molar-refractivity contribution in [1.29, 1.82) is 0 Å². The topological polar surface area (TPSA) is 98.1 Å². The maximum absolute atomic E-state index is 14.0. The maximum atomic E-state index is 14.0. The Morgan fingerprint density at radius 3 is 2.26 bits per heavy atom. The third-order valence-electron chi connectivity index (χ3n) is 5.51. The van der Waals surface area contributed by atoms with Gasteiger partial charge in [-0.05, 0) is 31.2 Å². The van der Waals surface area contributed by atoms with Gasteiger partial charge < -0.3 is 10.2 Å². The number of aromatic nitrogens is 5. The number of aliphatic hydroxyl groups excluding tert-OH is 2. The number of hydrogen-bond donors (Lipinski definition) is 2. The summed E-state index contributed by atoms with van der Waals surface area (Å²) in [5, 5.41) is 24.1. The quantitative estimate of drug-likeness (QED) is 0.293. The van der Waals surface area contributed by atoms with Crippen LogP contribution in [0.5, 0.6) is 0 Å². The molecule has 1 unspecified atom stereocenters. The first kappa shape index (κ1) is 28.1. The molecule has 2 N–H and O–H groups in total. The van der Waals surface area contributed by atoms with Gasteiger partial charge in [-0.15, -0.1) is 5.10 Å². The average Bonchev–Trinajstić information content (AvgIpc) is 3.36. The summed E-state index contributed by atoms with van der Waals surface area (Å²) in [5.41, 5.74) is -0.625. The Balaban J connectivity index is 1.82. The lowest BCUT2D eigenvalue weighted by Crippen LogP contribution is -2.37. The molecule has 38 heavy (non-hydrogen) atoms. The zero-order valence-electron chi connectivity index (χ0n) is 19.3. The van der Waals surface area contributed by atoms with E-state index in [1.54, 1.807) is 0 Å². The van der Waals surface area contributed by atoms with Crippen molar-refractivity contribution in [2.75, 3.05) is 0 Å². The molecule has 15 heteroatoms. The Hall–Kier alpha value is -2.90. The maximum Gasteiger partial charge on any atom is 0.416 e. The molecule has 2 atom stereocenters. The molecule has 0 spiro atoms. The van der Waals surface area contributed by atoms with Gasteiger partial charge in [-0.2, -0.15) is 13.2 Å². The average molecular weight is 595 g/mol. The van der Waals surface area contributed by atoms with E-state index in [1.807, 2.05) is 0 Å². The van der Waals surface area contributed by atoms with E-state index in [0.29, 0.717) is 9.59 Å². The van der Waals surface area contributed by atoms with Crippen molar-refractivity contribution in [3.05, 3.63) is 85.6 Å². The summed E-state index contributed by atoms with van der Waals surface area (Å²) in [5.74, 6) is -0.808. The largest absolute Gasteiger partial charge is 0.416 e. The van der Waals surface area contributed by atoms with Gasteiger partial charge in [0, 0.05) is 16.7 Å². The van der Waals surface area contributed by atoms with Crippen molar-refractivity contribution < 1.29 is 27.8 Å². The molecule has 0 aliphatic carbocycles. The molecule has 2 aromatic heterocycles. The van der Waals surface area contributed by atoms with Gasteiger partial charge >= 0.3 is 11.9 Å². The minimum absolute atomic E-state index is 0.00394. The zero-order chi connectivity index (χ0) is 27.9. The fourth-order valence-electron chi connectivity index (χ4n) is 3.68. The van der Waals surface area contributed by atoms with Gasteiger partial charge in [0.25, 0.3) is 0 Å². The van der Waals surface area contributed by atoms with Crippen LogP contribution in [-0.4, -0.2) is 46.4 Å². The molecular weight excluding hydrogens is 577 g/mol. The summed E-state index contributed by atoms with van der Waals surface area (Å²) < 4.78 is 56.2. The van der Waals surface area contributed by atoms with Crippen molar-refractivity contribution >= 4 is 34.8 Å². The van der Waals surface area contributed by atoms with Crippen molar-refractivity contribution in [3.63, 3.8) is 0 Å². The van der Waals surface area contributed by atoms with Crippen LogP contribution < -0.4 is 5.69 Å². The molecule has 4 aromatic rings. The molecule has 0 radical (unpaired) electrons. The number of benzene rings is 2. The lowest BCUT2D eigenvalue weighted by Gasteiger charge is -2.16. The predicted octanol–water partition coefficient (Wildman–Crippen LogP) is 5.02. The zero-order valence-corrected chi connectivity index (χ0v) is 21.6. The van der Waals surface area contributed by atoms with E-state index < -0.39 is 43.0 Å². The van der Waals surface area contributed by atoms with E-state index in [9.17, 15) is 32.6 Å². The lowest BCUT2D eigenvalue weighted by molar-refractivity contribution is -0.207. The number of nitrogens with zero attached hydrogens (tertiary/aromatic N) is 5. The van der Waals surface area contributed by atoms with Crippen LogP contribution in [0.15, 0.2) is 47.3 Å². The van der Waals surface area contributed by atoms with Crippen LogP contribution in [0.1, 0.15) is 24.7 Å². The molecule has 0 aliphatic heterocycles. The Bertz CT molecular complexity index is 1530. The van der Waals surface area contributed by atoms with Crippen LogP contribution in [-0.2, 0) is 13.1 Å². The highest BCUT2D eigenvalue weighted by Gasteiger charge is 2.39. The van der Waals surface area contributed by atoms with E-state index in [1.165, 1.54) is 43.3 Å². The Kier molecular flexibility index (Phi) is 7.91. The second-order valence-corrected chi connectivity index (χ2v) is 9.46. The van der Waals surface area contributed by atoms with Crippen molar-refractivity contribution in [2.45, 2.75) is 38.4 Å². The first-order valence-electron chi connectivity index (χ1n) is 10.9. The number of halogens is 7. The molecule has 0 fully saturated rings. The van der Waals surface area contributed by atoms with E-state index in [4.69, 9.17) is 34.8 Å². The van der Waals surface area contributed by atoms with Gasteiger partial charge in [0.1, 0.15) is 17.1 Å². The first-order valence-corrected chi connectivity index (χ1v) is 12.0. The van der Waals surface area contributed by atoms with E-state index >= 15 is 0 Å². The van der Waals surface area contributed by atoms with E-state index in [2.05, 4.69) is 10.1 Å². The molecule has 0 aliphatic rings. The van der Waals surface area contributed by atoms with Crippen LogP contribution in [0.25, 0.3) is 16.9 Å². The highest BCUT2D eigenvalue weighted by atomic mass is 35.5. The fourth-order valence-corrected chi connectivity index (χ4v) is 4.27. The van der Waals surface area contributed by atoms with Crippen molar-refractivity contribution in [2.24, 2.45) is 0 Å². The normalized spacial score (nSPS) is 13.6. The standard InChI is InChI=1S/C23H18Cl3F4N5O3/c1-11(36)21-31-18(32-35(21)14-6-7-15(25)16(27)8-14)10-34-20(26)19(12-2-4-13(24)5-3-12)33(22(34)38)9-17(37)23(28,29)30/h2-8,11,17,36-37H,9-10H2,1H3/t11-,17?/m0/s1. The fraction of sp³-hybridized carbons (Fsp3) is 0.261. The highest BCUT2D eigenvalue weighted by molar-refractivity contribution is 6.32. The van der Waals surface area contributed by atoms with Crippen LogP contribution in [0.3, 0.4) is 0 Å². The predicted molar refractivity (Wildman–Crippen MR) is 132 cm³/mol. The second-order valence-electron chi connectivity index (χ2n) is 8.26. The molecule has 0 amide bonds. The van der Waals surface area contributed by atoms with Crippen LogP contribution >= 0.6 is 34.8 Å². The summed E-state index contributed by atoms with van der Waals surface area (Å²) in [6, 6.07) is 9.62. The first-order chi connectivity index (χ1) is 17.8. The molecular formula is C23H18Cl3F4N5O3. The van der Waals surface area contributed by atoms with E-state index in [-0.39, 0.29) is 38.8 Å². The van der Waals surface area contributed by atoms with Gasteiger partial charge in [-0.3, -0.25) is 9.13 Å². The van der Waals surface area contributed by atoms with Crippen molar-refractivity contribution in [3.8, 4) is 16.9 Å². The molecule has 2 aromatic carbocycles. The Morgan fingerprint density at radius 2 is 1.68 bits per heavy atom. The van der Waals surface area contributed by atoms with Gasteiger partial charge in [0.05, 0.1) is 29.5 Å². The highest BCUT2D eigenvalue weighted by Crippen LogP contribution is 2.31. The number of rotatable bonds is 7. The third kappa shape index (κ3) is 5.59. The Morgan fingerprint density at radius 1 is 1.03 bits per heavy atom. The molecule has 202 valence electrons. The lowest BCUT2D eigenvalue weighted by atomic mass is 10.1. The molecule has 8 nitrogen and oxygen atoms in total. The second kappa shape index (κ2) is 10.7. The SMILES string of the molecule is C[C@H](O)c1nc(Cn2c(Cl)c(-c3ccc(Cl)cc3)n(CC(O)C(F)(F)F)c2=O)nn1-c1ccc(Cl)c(F)c1. The summed E-state index contributed by atoms with van der Waals surface area (Å²) in [6.07, 6.45) is -9.01. The van der Waals surface area contributed by atoms with Crippen LogP contribution in [0.2, 0.25) is 15.2 Å². The van der Waals surface area contributed by atoms with E-state index in [0.717, 1.165) is 15.3 Å². The van der Waals surface area contributed by atoms with Crippen LogP contribution in [0, 0.1) is 5.82 Å². The van der Waals surface area contributed by atoms with Crippen LogP contribution in [0.4, 0.5) is 17.6 Å². The molecule has 0 saturated heterocycles. The monoisotopic (exact) mass is 593 g/mol. The van der Waals surface area contributed by atoms with Gasteiger partial charge in [-0.1, -0.05) is 46.9 Å². The third-order valence-corrected chi connectivity index (χ3v) is 6.45. The van der Waals surface area contributed by atoms with Gasteiger partial charge in [-0.25, -0.2) is 18.9 Å². The number of alkyl halides is 3.